The molecular formula is C18H23N3OS. The molecule has 0 spiro atoms. The molecule has 122 valence electrons. The number of rotatable bonds is 4. The van der Waals surface area contributed by atoms with Crippen LogP contribution in [0.4, 0.5) is 5.69 Å². The van der Waals surface area contributed by atoms with Crippen molar-refractivity contribution in [3.8, 4) is 0 Å². The van der Waals surface area contributed by atoms with Crippen LogP contribution in [0.15, 0.2) is 36.5 Å². The van der Waals surface area contributed by atoms with Crippen molar-refractivity contribution < 1.29 is 4.79 Å². The average molecular weight is 329 g/mol. The Labute approximate surface area is 141 Å². The Morgan fingerprint density at radius 1 is 1.26 bits per heavy atom. The number of thioether (sulfide) groups is 1. The highest BCUT2D eigenvalue weighted by Crippen LogP contribution is 2.25. The summed E-state index contributed by atoms with van der Waals surface area (Å²) >= 11 is 1.99. The first-order chi connectivity index (χ1) is 11.1. The first kappa shape index (κ1) is 16.3. The number of fused-ring (bicyclic) bond motifs is 1. The van der Waals surface area contributed by atoms with E-state index in [0.717, 1.165) is 47.7 Å². The lowest BCUT2D eigenvalue weighted by Crippen LogP contribution is -2.45. The van der Waals surface area contributed by atoms with Gasteiger partial charge in [0.05, 0.1) is 16.6 Å². The number of hydrogen-bond acceptors (Lipinski definition) is 4. The Bertz CT molecular complexity index is 690. The van der Waals surface area contributed by atoms with Crippen LogP contribution in [0.3, 0.4) is 0 Å². The van der Waals surface area contributed by atoms with Gasteiger partial charge in [0.1, 0.15) is 0 Å². The SMILES string of the molecule is CC(C)(CN1CCSCC1)C(=O)Nc1cccc2cccnc12. The molecule has 0 bridgehead atoms. The van der Waals surface area contributed by atoms with Crippen molar-refractivity contribution in [1.29, 1.82) is 0 Å². The summed E-state index contributed by atoms with van der Waals surface area (Å²) in [7, 11) is 0. The van der Waals surface area contributed by atoms with Gasteiger partial charge in [0.15, 0.2) is 0 Å². The summed E-state index contributed by atoms with van der Waals surface area (Å²) in [5.74, 6) is 2.37. The van der Waals surface area contributed by atoms with E-state index in [4.69, 9.17) is 0 Å². The Morgan fingerprint density at radius 2 is 2.00 bits per heavy atom. The monoisotopic (exact) mass is 329 g/mol. The molecule has 0 aliphatic carbocycles. The van der Waals surface area contributed by atoms with Crippen molar-refractivity contribution in [2.45, 2.75) is 13.8 Å². The van der Waals surface area contributed by atoms with Gasteiger partial charge in [-0.1, -0.05) is 18.2 Å². The van der Waals surface area contributed by atoms with Crippen LogP contribution in [0.25, 0.3) is 10.9 Å². The van der Waals surface area contributed by atoms with E-state index in [1.165, 1.54) is 0 Å². The largest absolute Gasteiger partial charge is 0.324 e. The summed E-state index contributed by atoms with van der Waals surface area (Å²) in [6, 6.07) is 9.80. The van der Waals surface area contributed by atoms with Gasteiger partial charge in [-0.05, 0) is 26.0 Å². The highest BCUT2D eigenvalue weighted by Gasteiger charge is 2.31. The second-order valence-electron chi connectivity index (χ2n) is 6.61. The number of anilines is 1. The maximum absolute atomic E-state index is 12.8. The van der Waals surface area contributed by atoms with Gasteiger partial charge < -0.3 is 10.2 Å². The number of nitrogens with zero attached hydrogens (tertiary/aromatic N) is 2. The molecule has 4 nitrogen and oxygen atoms in total. The molecule has 1 aliphatic rings. The van der Waals surface area contributed by atoms with Crippen molar-refractivity contribution in [2.24, 2.45) is 5.41 Å². The topological polar surface area (TPSA) is 45.2 Å². The van der Waals surface area contributed by atoms with E-state index in [9.17, 15) is 4.79 Å². The predicted octanol–water partition coefficient (Wildman–Crippen LogP) is 3.25. The van der Waals surface area contributed by atoms with Crippen LogP contribution in [0.5, 0.6) is 0 Å². The van der Waals surface area contributed by atoms with Crippen LogP contribution in [-0.4, -0.2) is 46.9 Å². The maximum Gasteiger partial charge on any atom is 0.231 e. The van der Waals surface area contributed by atoms with Gasteiger partial charge in [-0.15, -0.1) is 0 Å². The second-order valence-corrected chi connectivity index (χ2v) is 7.83. The molecule has 1 fully saturated rings. The fraction of sp³-hybridized carbons (Fsp3) is 0.444. The summed E-state index contributed by atoms with van der Waals surface area (Å²) in [5, 5.41) is 4.12. The number of nitrogens with one attached hydrogen (secondary N) is 1. The van der Waals surface area contributed by atoms with E-state index < -0.39 is 5.41 Å². The Morgan fingerprint density at radius 3 is 2.78 bits per heavy atom. The third-order valence-electron chi connectivity index (χ3n) is 4.22. The average Bonchev–Trinajstić information content (AvgIpc) is 2.55. The highest BCUT2D eigenvalue weighted by atomic mass is 32.2. The Kier molecular flexibility index (Phi) is 4.87. The summed E-state index contributed by atoms with van der Waals surface area (Å²) < 4.78 is 0. The van der Waals surface area contributed by atoms with Crippen LogP contribution < -0.4 is 5.32 Å². The number of carbonyl (C=O) groups excluding carboxylic acids is 1. The zero-order valence-corrected chi connectivity index (χ0v) is 14.5. The number of aromatic nitrogens is 1. The first-order valence-electron chi connectivity index (χ1n) is 8.01. The molecule has 23 heavy (non-hydrogen) atoms. The van der Waals surface area contributed by atoms with Crippen molar-refractivity contribution in [2.75, 3.05) is 36.5 Å². The number of benzene rings is 1. The van der Waals surface area contributed by atoms with Crippen molar-refractivity contribution >= 4 is 34.3 Å². The third kappa shape index (κ3) is 3.85. The highest BCUT2D eigenvalue weighted by molar-refractivity contribution is 7.99. The normalized spacial score (nSPS) is 16.4. The fourth-order valence-electron chi connectivity index (χ4n) is 2.89. The molecule has 1 amide bonds. The molecule has 0 atom stereocenters. The molecule has 1 N–H and O–H groups in total. The molecular weight excluding hydrogens is 306 g/mol. The van der Waals surface area contributed by atoms with Gasteiger partial charge in [-0.3, -0.25) is 9.78 Å². The predicted molar refractivity (Wildman–Crippen MR) is 97.9 cm³/mol. The van der Waals surface area contributed by atoms with Crippen LogP contribution in [0.1, 0.15) is 13.8 Å². The van der Waals surface area contributed by atoms with Crippen molar-refractivity contribution in [3.63, 3.8) is 0 Å². The molecule has 0 saturated carbocycles. The zero-order valence-electron chi connectivity index (χ0n) is 13.7. The first-order valence-corrected chi connectivity index (χ1v) is 9.17. The van der Waals surface area contributed by atoms with E-state index in [-0.39, 0.29) is 5.91 Å². The van der Waals surface area contributed by atoms with Gasteiger partial charge in [-0.2, -0.15) is 11.8 Å². The molecule has 2 aromatic rings. The Balaban J connectivity index is 1.74. The molecule has 2 heterocycles. The standard InChI is InChI=1S/C18H23N3OS/c1-18(2,13-21-9-11-23-12-10-21)17(22)20-15-7-3-5-14-6-4-8-19-16(14)15/h3-8H,9-13H2,1-2H3,(H,20,22). The number of carbonyl (C=O) groups is 1. The van der Waals surface area contributed by atoms with Gasteiger partial charge in [-0.25, -0.2) is 0 Å². The molecule has 1 aromatic heterocycles. The van der Waals surface area contributed by atoms with Gasteiger partial charge >= 0.3 is 0 Å². The molecule has 3 rings (SSSR count). The van der Waals surface area contributed by atoms with Crippen molar-refractivity contribution in [1.82, 2.24) is 9.88 Å². The van der Waals surface area contributed by atoms with Gasteiger partial charge in [0, 0.05) is 42.7 Å². The quantitative estimate of drug-likeness (QED) is 0.935. The zero-order chi connectivity index (χ0) is 16.3. The molecule has 0 radical (unpaired) electrons. The fourth-order valence-corrected chi connectivity index (χ4v) is 3.87. The van der Waals surface area contributed by atoms with E-state index in [0.29, 0.717) is 0 Å². The number of hydrogen-bond donors (Lipinski definition) is 1. The smallest absolute Gasteiger partial charge is 0.231 e. The number of para-hydroxylation sites is 1. The lowest BCUT2D eigenvalue weighted by Gasteiger charge is -2.33. The third-order valence-corrected chi connectivity index (χ3v) is 5.16. The lowest BCUT2D eigenvalue weighted by molar-refractivity contribution is -0.124. The molecule has 1 aromatic carbocycles. The van der Waals surface area contributed by atoms with E-state index in [1.807, 2.05) is 55.9 Å². The minimum atomic E-state index is -0.432. The minimum Gasteiger partial charge on any atom is -0.324 e. The summed E-state index contributed by atoms with van der Waals surface area (Å²) in [6.45, 7) is 6.96. The van der Waals surface area contributed by atoms with E-state index in [2.05, 4.69) is 15.2 Å². The summed E-state index contributed by atoms with van der Waals surface area (Å²) in [6.07, 6.45) is 1.76. The van der Waals surface area contributed by atoms with E-state index >= 15 is 0 Å². The molecule has 1 aliphatic heterocycles. The minimum absolute atomic E-state index is 0.0499. The van der Waals surface area contributed by atoms with Gasteiger partial charge in [0.2, 0.25) is 5.91 Å². The molecule has 5 heteroatoms. The molecule has 1 saturated heterocycles. The van der Waals surface area contributed by atoms with Crippen LogP contribution >= 0.6 is 11.8 Å². The second kappa shape index (κ2) is 6.89. The Hall–Kier alpha value is -1.59. The number of pyridine rings is 1. The van der Waals surface area contributed by atoms with Crippen LogP contribution in [0, 0.1) is 5.41 Å². The summed E-state index contributed by atoms with van der Waals surface area (Å²) in [5.41, 5.74) is 1.20. The van der Waals surface area contributed by atoms with E-state index in [1.54, 1.807) is 6.20 Å². The van der Waals surface area contributed by atoms with Crippen molar-refractivity contribution in [3.05, 3.63) is 36.5 Å². The lowest BCUT2D eigenvalue weighted by atomic mass is 9.91. The van der Waals surface area contributed by atoms with Crippen LogP contribution in [-0.2, 0) is 4.79 Å². The molecule has 0 unspecified atom stereocenters. The maximum atomic E-state index is 12.8. The summed E-state index contributed by atoms with van der Waals surface area (Å²) in [4.78, 5) is 19.6. The van der Waals surface area contributed by atoms with Crippen LogP contribution in [0.2, 0.25) is 0 Å². The number of amides is 1. The van der Waals surface area contributed by atoms with Gasteiger partial charge in [0.25, 0.3) is 0 Å².